The molecule has 1 aliphatic rings. The molecule has 0 spiro atoms. The van der Waals surface area contributed by atoms with Gasteiger partial charge in [-0.05, 0) is 31.5 Å². The molecular formula is C25H28N4O2S. The lowest BCUT2D eigenvalue weighted by molar-refractivity contribution is -0.133. The van der Waals surface area contributed by atoms with Crippen LogP contribution in [0.4, 0.5) is 5.69 Å². The second-order valence-electron chi connectivity index (χ2n) is 8.14. The number of piperazine rings is 1. The molecule has 166 valence electrons. The van der Waals surface area contributed by atoms with Crippen molar-refractivity contribution in [3.8, 4) is 0 Å². The van der Waals surface area contributed by atoms with Crippen molar-refractivity contribution in [2.24, 2.45) is 0 Å². The van der Waals surface area contributed by atoms with Crippen molar-refractivity contribution in [1.82, 2.24) is 14.8 Å². The molecule has 0 unspecified atom stereocenters. The average molecular weight is 449 g/mol. The molecule has 1 aromatic heterocycles. The predicted octanol–water partition coefficient (Wildman–Crippen LogP) is 3.83. The second kappa shape index (κ2) is 10.1. The van der Waals surface area contributed by atoms with Gasteiger partial charge in [-0.3, -0.25) is 14.5 Å². The van der Waals surface area contributed by atoms with Crippen LogP contribution in [0.5, 0.6) is 0 Å². The summed E-state index contributed by atoms with van der Waals surface area (Å²) in [5.74, 6) is 0.0393. The number of hydrogen-bond donors (Lipinski definition) is 1. The quantitative estimate of drug-likeness (QED) is 0.623. The van der Waals surface area contributed by atoms with Crippen molar-refractivity contribution in [2.75, 3.05) is 31.5 Å². The average Bonchev–Trinajstić information content (AvgIpc) is 3.21. The zero-order chi connectivity index (χ0) is 22.5. The summed E-state index contributed by atoms with van der Waals surface area (Å²) in [5.41, 5.74) is 3.84. The Bertz CT molecular complexity index is 1060. The largest absolute Gasteiger partial charge is 0.340 e. The molecule has 32 heavy (non-hydrogen) atoms. The molecule has 0 aliphatic carbocycles. The van der Waals surface area contributed by atoms with Gasteiger partial charge >= 0.3 is 0 Å². The molecule has 0 bridgehead atoms. The van der Waals surface area contributed by atoms with Gasteiger partial charge < -0.3 is 10.2 Å². The molecule has 1 fully saturated rings. The smallest absolute Gasteiger partial charge is 0.246 e. The van der Waals surface area contributed by atoms with Gasteiger partial charge in [-0.15, -0.1) is 11.3 Å². The highest BCUT2D eigenvalue weighted by atomic mass is 32.1. The number of amides is 2. The van der Waals surface area contributed by atoms with Gasteiger partial charge in [-0.25, -0.2) is 4.98 Å². The number of hydrogen-bond acceptors (Lipinski definition) is 5. The summed E-state index contributed by atoms with van der Waals surface area (Å²) < 4.78 is 0. The highest BCUT2D eigenvalue weighted by Gasteiger charge is 2.31. The van der Waals surface area contributed by atoms with Gasteiger partial charge in [0.25, 0.3) is 0 Å². The summed E-state index contributed by atoms with van der Waals surface area (Å²) >= 11 is 1.53. The fraction of sp³-hybridized carbons (Fsp3) is 0.320. The lowest BCUT2D eigenvalue weighted by Gasteiger charge is -2.38. The number of rotatable bonds is 6. The first-order valence-electron chi connectivity index (χ1n) is 10.8. The van der Waals surface area contributed by atoms with Crippen LogP contribution in [0.25, 0.3) is 0 Å². The summed E-state index contributed by atoms with van der Waals surface area (Å²) in [7, 11) is 0. The fourth-order valence-electron chi connectivity index (χ4n) is 3.97. The third-order valence-corrected chi connectivity index (χ3v) is 6.65. The molecule has 1 aliphatic heterocycles. The highest BCUT2D eigenvalue weighted by molar-refractivity contribution is 7.09. The van der Waals surface area contributed by atoms with E-state index in [1.807, 2.05) is 78.7 Å². The molecule has 0 saturated carbocycles. The summed E-state index contributed by atoms with van der Waals surface area (Å²) in [6, 6.07) is 17.3. The second-order valence-corrected chi connectivity index (χ2v) is 9.09. The van der Waals surface area contributed by atoms with Gasteiger partial charge in [0.2, 0.25) is 11.8 Å². The first-order chi connectivity index (χ1) is 15.5. The number of nitrogens with zero attached hydrogens (tertiary/aromatic N) is 3. The number of thiazole rings is 1. The van der Waals surface area contributed by atoms with Gasteiger partial charge in [0.1, 0.15) is 11.0 Å². The van der Waals surface area contributed by atoms with E-state index in [9.17, 15) is 9.59 Å². The molecule has 3 aromatic rings. The van der Waals surface area contributed by atoms with E-state index in [-0.39, 0.29) is 11.8 Å². The monoisotopic (exact) mass is 448 g/mol. The van der Waals surface area contributed by atoms with Gasteiger partial charge in [-0.2, -0.15) is 0 Å². The highest BCUT2D eigenvalue weighted by Crippen LogP contribution is 2.25. The van der Waals surface area contributed by atoms with Crippen LogP contribution in [-0.4, -0.2) is 52.8 Å². The van der Waals surface area contributed by atoms with Gasteiger partial charge in [0.05, 0.1) is 6.42 Å². The van der Waals surface area contributed by atoms with E-state index in [4.69, 9.17) is 0 Å². The van der Waals surface area contributed by atoms with Crippen LogP contribution in [0.15, 0.2) is 60.0 Å². The zero-order valence-electron chi connectivity index (χ0n) is 18.5. The summed E-state index contributed by atoms with van der Waals surface area (Å²) in [4.78, 5) is 34.5. The first kappa shape index (κ1) is 22.2. The minimum atomic E-state index is -0.406. The number of carbonyl (C=O) groups excluding carboxylic acids is 2. The maximum absolute atomic E-state index is 13.3. The SMILES string of the molecule is Cc1ccc(NC(=O)[C@@H](c2ccccc2)N2CCN(C(=O)Cc3nc(C)cs3)CC2)cc1. The maximum atomic E-state index is 13.3. The zero-order valence-corrected chi connectivity index (χ0v) is 19.3. The van der Waals surface area contributed by atoms with E-state index in [1.165, 1.54) is 11.3 Å². The van der Waals surface area contributed by atoms with E-state index >= 15 is 0 Å². The Morgan fingerprint density at radius 3 is 2.31 bits per heavy atom. The predicted molar refractivity (Wildman–Crippen MR) is 128 cm³/mol. The Hall–Kier alpha value is -3.03. The number of carbonyl (C=O) groups is 2. The molecular weight excluding hydrogens is 420 g/mol. The number of nitrogens with one attached hydrogen (secondary N) is 1. The maximum Gasteiger partial charge on any atom is 0.246 e. The van der Waals surface area contributed by atoms with Crippen molar-refractivity contribution in [3.63, 3.8) is 0 Å². The van der Waals surface area contributed by atoms with Crippen LogP contribution < -0.4 is 5.32 Å². The van der Waals surface area contributed by atoms with Crippen LogP contribution >= 0.6 is 11.3 Å². The standard InChI is InChI=1S/C25H28N4O2S/c1-18-8-10-21(11-9-18)27-25(31)24(20-6-4-3-5-7-20)29-14-12-28(13-15-29)23(30)16-22-26-19(2)17-32-22/h3-11,17,24H,12-16H2,1-2H3,(H,27,31)/t24-/m1/s1. The summed E-state index contributed by atoms with van der Waals surface area (Å²) in [6.45, 7) is 6.45. The van der Waals surface area contributed by atoms with E-state index in [0.29, 0.717) is 32.6 Å². The van der Waals surface area contributed by atoms with Crippen molar-refractivity contribution in [1.29, 1.82) is 0 Å². The van der Waals surface area contributed by atoms with Gasteiger partial charge in [0.15, 0.2) is 0 Å². The topological polar surface area (TPSA) is 65.5 Å². The van der Waals surface area contributed by atoms with E-state index in [0.717, 1.165) is 27.5 Å². The third kappa shape index (κ3) is 5.41. The van der Waals surface area contributed by atoms with Crippen LogP contribution in [0.2, 0.25) is 0 Å². The summed E-state index contributed by atoms with van der Waals surface area (Å²) in [6.07, 6.45) is 0.342. The molecule has 4 rings (SSSR count). The van der Waals surface area contributed by atoms with Crippen LogP contribution in [0.3, 0.4) is 0 Å². The molecule has 1 N–H and O–H groups in total. The minimum Gasteiger partial charge on any atom is -0.340 e. The van der Waals surface area contributed by atoms with E-state index in [1.54, 1.807) is 0 Å². The fourth-order valence-corrected chi connectivity index (χ4v) is 4.73. The lowest BCUT2D eigenvalue weighted by atomic mass is 10.0. The van der Waals surface area contributed by atoms with Crippen LogP contribution in [-0.2, 0) is 16.0 Å². The lowest BCUT2D eigenvalue weighted by Crippen LogP contribution is -2.52. The number of aromatic nitrogens is 1. The Kier molecular flexibility index (Phi) is 6.97. The third-order valence-electron chi connectivity index (χ3n) is 5.68. The Labute approximate surface area is 192 Å². The molecule has 6 nitrogen and oxygen atoms in total. The van der Waals surface area contributed by atoms with Crippen molar-refractivity contribution >= 4 is 28.8 Å². The van der Waals surface area contributed by atoms with Gasteiger partial charge in [0, 0.05) is 42.9 Å². The van der Waals surface area contributed by atoms with Crippen LogP contribution in [0.1, 0.15) is 27.9 Å². The minimum absolute atomic E-state index is 0.0573. The van der Waals surface area contributed by atoms with E-state index in [2.05, 4.69) is 15.2 Å². The van der Waals surface area contributed by atoms with Crippen molar-refractivity contribution in [3.05, 3.63) is 81.8 Å². The first-order valence-corrected chi connectivity index (χ1v) is 11.7. The molecule has 2 amide bonds. The van der Waals surface area contributed by atoms with E-state index < -0.39 is 6.04 Å². The Morgan fingerprint density at radius 2 is 1.69 bits per heavy atom. The molecule has 7 heteroatoms. The summed E-state index contributed by atoms with van der Waals surface area (Å²) in [5, 5.41) is 5.89. The molecule has 1 atom stereocenters. The molecule has 2 aromatic carbocycles. The number of aryl methyl sites for hydroxylation is 2. The van der Waals surface area contributed by atoms with Crippen molar-refractivity contribution < 1.29 is 9.59 Å². The Balaban J connectivity index is 1.43. The molecule has 0 radical (unpaired) electrons. The number of anilines is 1. The Morgan fingerprint density at radius 1 is 1.00 bits per heavy atom. The van der Waals surface area contributed by atoms with Gasteiger partial charge in [-0.1, -0.05) is 48.0 Å². The van der Waals surface area contributed by atoms with Crippen molar-refractivity contribution in [2.45, 2.75) is 26.3 Å². The molecule has 2 heterocycles. The van der Waals surface area contributed by atoms with Crippen LogP contribution in [0, 0.1) is 13.8 Å². The molecule has 1 saturated heterocycles. The normalized spacial score (nSPS) is 15.4. The number of benzene rings is 2.